The number of anilines is 1. The minimum absolute atomic E-state index is 0.108. The van der Waals surface area contributed by atoms with Gasteiger partial charge < -0.3 is 10.1 Å². The first kappa shape index (κ1) is 34.7. The maximum absolute atomic E-state index is 15.2. The molecule has 1 N–H and O–H groups in total. The highest BCUT2D eigenvalue weighted by atomic mass is 35.5. The summed E-state index contributed by atoms with van der Waals surface area (Å²) in [4.78, 5) is 38.5. The minimum atomic E-state index is -1.58. The van der Waals surface area contributed by atoms with E-state index in [-0.39, 0.29) is 26.3 Å². The van der Waals surface area contributed by atoms with Gasteiger partial charge in [-0.3, -0.25) is 14.4 Å². The third-order valence-corrected chi connectivity index (χ3v) is 9.18. The van der Waals surface area contributed by atoms with Crippen LogP contribution in [0.15, 0.2) is 36.4 Å². The van der Waals surface area contributed by atoms with Gasteiger partial charge in [0, 0.05) is 29.2 Å². The van der Waals surface area contributed by atoms with E-state index in [4.69, 9.17) is 74.3 Å². The maximum atomic E-state index is 15.2. The average molecular weight is 730 g/mol. The first-order valence-corrected chi connectivity index (χ1v) is 15.1. The van der Waals surface area contributed by atoms with Gasteiger partial charge in [0.05, 0.1) is 32.4 Å². The number of ketones is 1. The molecule has 14 heteroatoms. The Kier molecular flexibility index (Phi) is 10.2. The third kappa shape index (κ3) is 7.43. The quantitative estimate of drug-likeness (QED) is 0.109. The zero-order chi connectivity index (χ0) is 32.9. The highest BCUT2D eigenvalue weighted by Gasteiger charge is 2.67. The predicted molar refractivity (Wildman–Crippen MR) is 166 cm³/mol. The topological polar surface area (TPSA) is 72.5 Å². The van der Waals surface area contributed by atoms with E-state index in [9.17, 15) is 23.2 Å². The molecule has 1 aliphatic rings. The summed E-state index contributed by atoms with van der Waals surface area (Å²) in [7, 11) is 0. The molecule has 0 bridgehead atoms. The van der Waals surface area contributed by atoms with Crippen LogP contribution in [0.2, 0.25) is 20.1 Å². The van der Waals surface area contributed by atoms with Gasteiger partial charge in [-0.25, -0.2) is 13.2 Å². The van der Waals surface area contributed by atoms with Crippen LogP contribution >= 0.6 is 69.6 Å². The summed E-state index contributed by atoms with van der Waals surface area (Å²) in [6, 6.07) is 6.82. The summed E-state index contributed by atoms with van der Waals surface area (Å²) < 4.78 is 48.3. The van der Waals surface area contributed by atoms with Crippen LogP contribution in [0.1, 0.15) is 53.7 Å². The number of carbonyl (C=O) groups excluding carboxylic acids is 3. The van der Waals surface area contributed by atoms with E-state index in [0.29, 0.717) is 5.56 Å². The Balaban J connectivity index is 1.55. The summed E-state index contributed by atoms with van der Waals surface area (Å²) in [6.45, 7) is 4.89. The van der Waals surface area contributed by atoms with E-state index in [0.717, 1.165) is 24.3 Å². The van der Waals surface area contributed by atoms with Crippen LogP contribution in [0.4, 0.5) is 18.9 Å². The van der Waals surface area contributed by atoms with Crippen molar-refractivity contribution in [2.45, 2.75) is 49.5 Å². The van der Waals surface area contributed by atoms with Crippen LogP contribution in [0.25, 0.3) is 0 Å². The Labute approximate surface area is 280 Å². The lowest BCUT2D eigenvalue weighted by Gasteiger charge is -2.19. The fourth-order valence-electron chi connectivity index (χ4n) is 4.64. The highest BCUT2D eigenvalue weighted by Crippen LogP contribution is 2.65. The predicted octanol–water partition coefficient (Wildman–Crippen LogP) is 9.55. The number of halogens is 9. The summed E-state index contributed by atoms with van der Waals surface area (Å²) in [5.41, 5.74) is -1.90. The van der Waals surface area contributed by atoms with Gasteiger partial charge in [-0.2, -0.15) is 0 Å². The molecule has 4 rings (SSSR count). The number of nitrogens with one attached hydrogen (secondary N) is 1. The number of benzene rings is 3. The number of rotatable bonds is 8. The fraction of sp³-hybridized carbons (Fsp3) is 0.300. The lowest BCUT2D eigenvalue weighted by Crippen LogP contribution is -2.25. The second-order valence-electron chi connectivity index (χ2n) is 11.1. The number of esters is 1. The normalized spacial score (nSPS) is 17.3. The Hall–Kier alpha value is -2.20. The van der Waals surface area contributed by atoms with E-state index in [2.05, 4.69) is 5.32 Å². The molecule has 1 fully saturated rings. The highest BCUT2D eigenvalue weighted by molar-refractivity contribution is 6.54. The Bertz CT molecular complexity index is 1670. The van der Waals surface area contributed by atoms with Crippen LogP contribution in [0.3, 0.4) is 0 Å². The number of amides is 1. The SMILES string of the molecule is CC(C)(C)OC(=O)Cc1ccc(F)c(CC(=O)c2cc(NC(=O)[C@H]3[C@H](c4cc(Cl)c(Cl)c(Cl)c4)C3(Cl)Cl)cc(F)c2Cl)c1F. The van der Waals surface area contributed by atoms with Gasteiger partial charge in [-0.15, -0.1) is 23.2 Å². The standard InChI is InChI=1S/C30H22Cl6F3NO4/c1-29(2,3)44-22(42)8-12-4-5-19(37)15(27(12)39)11-21(41)16-9-14(10-20(38)25(16)33)40-28(43)24-23(30(24,35)36)13-6-17(31)26(34)18(32)7-13/h4-7,9-10,23-24H,8,11H2,1-3H3,(H,40,43)/t23-,24+/m0/s1. The van der Waals surface area contributed by atoms with Crippen molar-refractivity contribution in [1.82, 2.24) is 0 Å². The average Bonchev–Trinajstić information content (AvgIpc) is 3.49. The number of Topliss-reactive ketones (excluding diaryl/α,β-unsaturated/α-hetero) is 1. The summed E-state index contributed by atoms with van der Waals surface area (Å²) in [6.07, 6.45) is -1.38. The molecule has 0 aromatic heterocycles. The number of alkyl halides is 2. The van der Waals surface area contributed by atoms with Gasteiger partial charge in [0.15, 0.2) is 5.78 Å². The van der Waals surface area contributed by atoms with Crippen molar-refractivity contribution in [3.63, 3.8) is 0 Å². The van der Waals surface area contributed by atoms with Gasteiger partial charge in [0.1, 0.15) is 27.4 Å². The van der Waals surface area contributed by atoms with Crippen molar-refractivity contribution in [2.75, 3.05) is 5.32 Å². The van der Waals surface area contributed by atoms with Gasteiger partial charge in [-0.05, 0) is 62.2 Å². The van der Waals surface area contributed by atoms with Gasteiger partial charge in [0.25, 0.3) is 0 Å². The Morgan fingerprint density at radius 3 is 2.09 bits per heavy atom. The van der Waals surface area contributed by atoms with Crippen LogP contribution in [0.5, 0.6) is 0 Å². The molecule has 0 aliphatic heterocycles. The zero-order valence-electron chi connectivity index (χ0n) is 23.1. The second-order valence-corrected chi connectivity index (χ2v) is 14.1. The smallest absolute Gasteiger partial charge is 0.310 e. The Morgan fingerprint density at radius 1 is 0.886 bits per heavy atom. The summed E-state index contributed by atoms with van der Waals surface area (Å²) in [5, 5.41) is 2.17. The number of hydrogen-bond donors (Lipinski definition) is 1. The molecule has 0 unspecified atom stereocenters. The molecule has 44 heavy (non-hydrogen) atoms. The molecule has 0 radical (unpaired) electrons. The molecule has 3 aromatic carbocycles. The lowest BCUT2D eigenvalue weighted by molar-refractivity contribution is -0.154. The summed E-state index contributed by atoms with van der Waals surface area (Å²) in [5.74, 6) is -7.51. The van der Waals surface area contributed by atoms with Crippen molar-refractivity contribution in [2.24, 2.45) is 5.92 Å². The van der Waals surface area contributed by atoms with E-state index in [1.165, 1.54) is 12.1 Å². The van der Waals surface area contributed by atoms with Crippen molar-refractivity contribution in [1.29, 1.82) is 0 Å². The van der Waals surface area contributed by atoms with Crippen LogP contribution in [-0.4, -0.2) is 27.6 Å². The van der Waals surface area contributed by atoms with Crippen molar-refractivity contribution < 1.29 is 32.3 Å². The molecule has 1 saturated carbocycles. The second kappa shape index (κ2) is 12.9. The molecular weight excluding hydrogens is 708 g/mol. The maximum Gasteiger partial charge on any atom is 0.310 e. The van der Waals surface area contributed by atoms with Gasteiger partial charge >= 0.3 is 5.97 Å². The van der Waals surface area contributed by atoms with E-state index < -0.39 is 85.9 Å². The van der Waals surface area contributed by atoms with Crippen LogP contribution in [-0.2, 0) is 27.2 Å². The van der Waals surface area contributed by atoms with Gasteiger partial charge in [-0.1, -0.05) is 52.5 Å². The minimum Gasteiger partial charge on any atom is -0.460 e. The van der Waals surface area contributed by atoms with Crippen molar-refractivity contribution >= 4 is 93.0 Å². The van der Waals surface area contributed by atoms with Gasteiger partial charge in [0.2, 0.25) is 5.91 Å². The zero-order valence-corrected chi connectivity index (χ0v) is 27.6. The van der Waals surface area contributed by atoms with E-state index >= 15 is 4.39 Å². The molecule has 1 amide bonds. The molecule has 234 valence electrons. The largest absolute Gasteiger partial charge is 0.460 e. The number of carbonyl (C=O) groups is 3. The molecule has 0 spiro atoms. The van der Waals surface area contributed by atoms with Crippen molar-refractivity contribution in [3.8, 4) is 0 Å². The van der Waals surface area contributed by atoms with E-state index in [1.54, 1.807) is 20.8 Å². The van der Waals surface area contributed by atoms with Crippen molar-refractivity contribution in [3.05, 3.63) is 96.2 Å². The molecule has 2 atom stereocenters. The number of ether oxygens (including phenoxy) is 1. The number of hydrogen-bond acceptors (Lipinski definition) is 4. The molecule has 3 aromatic rings. The van der Waals surface area contributed by atoms with E-state index in [1.807, 2.05) is 0 Å². The van der Waals surface area contributed by atoms with Crippen LogP contribution in [0, 0.1) is 23.4 Å². The Morgan fingerprint density at radius 2 is 1.50 bits per heavy atom. The third-order valence-electron chi connectivity index (χ3n) is 6.66. The first-order valence-electron chi connectivity index (χ1n) is 12.8. The molecule has 1 aliphatic carbocycles. The summed E-state index contributed by atoms with van der Waals surface area (Å²) >= 11 is 37.0. The fourth-order valence-corrected chi connectivity index (χ4v) is 6.30. The first-order chi connectivity index (χ1) is 20.3. The van der Waals surface area contributed by atoms with Crippen LogP contribution < -0.4 is 5.32 Å². The monoisotopic (exact) mass is 727 g/mol. The molecular formula is C30H22Cl6F3NO4. The molecule has 5 nitrogen and oxygen atoms in total. The lowest BCUT2D eigenvalue weighted by atomic mass is 9.98. The molecule has 0 heterocycles. The molecule has 0 saturated heterocycles.